The van der Waals surface area contributed by atoms with Gasteiger partial charge in [-0.3, -0.25) is 24.8 Å². The Kier molecular flexibility index (Phi) is 5.11. The number of esters is 1. The van der Waals surface area contributed by atoms with Crippen molar-refractivity contribution in [3.8, 4) is 0 Å². The van der Waals surface area contributed by atoms with Gasteiger partial charge in [-0.2, -0.15) is 0 Å². The summed E-state index contributed by atoms with van der Waals surface area (Å²) in [6, 6.07) is 0. The van der Waals surface area contributed by atoms with E-state index in [2.05, 4.69) is 20.3 Å². The van der Waals surface area contributed by atoms with Crippen LogP contribution in [-0.2, 0) is 22.5 Å². The Morgan fingerprint density at radius 2 is 2.29 bits per heavy atom. The van der Waals surface area contributed by atoms with E-state index in [9.17, 15) is 9.59 Å². The maximum Gasteiger partial charge on any atom is 0.320 e. The van der Waals surface area contributed by atoms with Gasteiger partial charge >= 0.3 is 5.97 Å². The highest BCUT2D eigenvalue weighted by Gasteiger charge is 2.23. The predicted octanol–water partition coefficient (Wildman–Crippen LogP) is 1.11. The molecule has 0 bridgehead atoms. The number of rotatable bonds is 5. The Bertz CT molecular complexity index is 734. The Hall–Kier alpha value is -2.39. The van der Waals surface area contributed by atoms with Crippen LogP contribution >= 0.6 is 11.3 Å². The third kappa shape index (κ3) is 3.92. The van der Waals surface area contributed by atoms with E-state index in [1.165, 1.54) is 29.9 Å². The summed E-state index contributed by atoms with van der Waals surface area (Å²) in [7, 11) is 0. The molecule has 0 radical (unpaired) electrons. The predicted molar refractivity (Wildman–Crippen MR) is 87.7 cm³/mol. The van der Waals surface area contributed by atoms with Gasteiger partial charge in [-0.25, -0.2) is 9.97 Å². The number of thiazole rings is 1. The Labute approximate surface area is 142 Å². The number of nitrogens with zero attached hydrogens (tertiary/aromatic N) is 4. The van der Waals surface area contributed by atoms with Crippen molar-refractivity contribution in [2.45, 2.75) is 19.9 Å². The first-order valence-corrected chi connectivity index (χ1v) is 8.41. The molecule has 126 valence electrons. The number of hydrogen-bond donors (Lipinski definition) is 1. The van der Waals surface area contributed by atoms with Crippen LogP contribution < -0.4 is 5.32 Å². The number of fused-ring (bicyclic) bond motifs is 1. The van der Waals surface area contributed by atoms with Gasteiger partial charge in [-0.1, -0.05) is 0 Å². The van der Waals surface area contributed by atoms with Crippen LogP contribution in [0.5, 0.6) is 0 Å². The number of carbonyl (C=O) groups excluding carboxylic acids is 2. The normalized spacial score (nSPS) is 14.0. The molecule has 1 aliphatic rings. The second-order valence-electron chi connectivity index (χ2n) is 5.20. The van der Waals surface area contributed by atoms with Crippen LogP contribution in [0.15, 0.2) is 18.6 Å². The van der Waals surface area contributed by atoms with Crippen molar-refractivity contribution in [2.75, 3.05) is 25.0 Å². The number of carbonyl (C=O) groups is 2. The Morgan fingerprint density at radius 1 is 1.42 bits per heavy atom. The quantitative estimate of drug-likeness (QED) is 0.809. The van der Waals surface area contributed by atoms with Crippen molar-refractivity contribution in [2.24, 2.45) is 0 Å². The van der Waals surface area contributed by atoms with Crippen LogP contribution in [0.1, 0.15) is 28.0 Å². The molecule has 2 aromatic rings. The molecule has 1 amide bonds. The molecular weight excluding hydrogens is 330 g/mol. The lowest BCUT2D eigenvalue weighted by Gasteiger charge is -2.24. The van der Waals surface area contributed by atoms with Crippen molar-refractivity contribution < 1.29 is 14.3 Å². The number of aromatic nitrogens is 3. The highest BCUT2D eigenvalue weighted by atomic mass is 32.1. The first-order valence-electron chi connectivity index (χ1n) is 7.59. The van der Waals surface area contributed by atoms with E-state index in [1.807, 2.05) is 4.90 Å². The van der Waals surface area contributed by atoms with E-state index in [-0.39, 0.29) is 24.1 Å². The molecule has 8 nitrogen and oxygen atoms in total. The minimum absolute atomic E-state index is 0.221. The van der Waals surface area contributed by atoms with Crippen LogP contribution in [0.3, 0.4) is 0 Å². The number of nitrogens with one attached hydrogen (secondary N) is 1. The zero-order valence-electron chi connectivity index (χ0n) is 13.2. The van der Waals surface area contributed by atoms with Crippen LogP contribution in [-0.4, -0.2) is 51.4 Å². The topological polar surface area (TPSA) is 97.3 Å². The van der Waals surface area contributed by atoms with Crippen LogP contribution in [0.4, 0.5) is 5.13 Å². The lowest BCUT2D eigenvalue weighted by Crippen LogP contribution is -2.35. The molecule has 9 heteroatoms. The maximum absolute atomic E-state index is 12.1. The summed E-state index contributed by atoms with van der Waals surface area (Å²) in [5.74, 6) is -0.556. The summed E-state index contributed by atoms with van der Waals surface area (Å²) in [5.41, 5.74) is 1.21. The molecule has 3 rings (SSSR count). The largest absolute Gasteiger partial charge is 0.465 e. The fourth-order valence-electron chi connectivity index (χ4n) is 2.40. The summed E-state index contributed by atoms with van der Waals surface area (Å²) in [6.07, 6.45) is 5.13. The van der Waals surface area contributed by atoms with Crippen LogP contribution in [0, 0.1) is 0 Å². The van der Waals surface area contributed by atoms with Crippen LogP contribution in [0.25, 0.3) is 0 Å². The van der Waals surface area contributed by atoms with Crippen molar-refractivity contribution >= 4 is 28.3 Å². The van der Waals surface area contributed by atoms with Crippen molar-refractivity contribution in [1.29, 1.82) is 0 Å². The second kappa shape index (κ2) is 7.45. The number of anilines is 1. The van der Waals surface area contributed by atoms with Crippen LogP contribution in [0.2, 0.25) is 0 Å². The Balaban J connectivity index is 1.63. The smallest absolute Gasteiger partial charge is 0.320 e. The third-order valence-corrected chi connectivity index (χ3v) is 4.48. The first-order chi connectivity index (χ1) is 11.7. The van der Waals surface area contributed by atoms with Gasteiger partial charge in [-0.15, -0.1) is 11.3 Å². The number of ether oxygens (including phenoxy) is 1. The van der Waals surface area contributed by atoms with Crippen molar-refractivity contribution in [1.82, 2.24) is 19.9 Å². The molecule has 0 aliphatic carbocycles. The van der Waals surface area contributed by atoms with E-state index in [0.29, 0.717) is 18.3 Å². The molecule has 0 spiro atoms. The lowest BCUT2D eigenvalue weighted by atomic mass is 10.2. The summed E-state index contributed by atoms with van der Waals surface area (Å²) < 4.78 is 4.98. The van der Waals surface area contributed by atoms with Gasteiger partial charge in [0.1, 0.15) is 5.69 Å². The zero-order chi connectivity index (χ0) is 16.9. The molecule has 0 unspecified atom stereocenters. The molecule has 0 saturated heterocycles. The van der Waals surface area contributed by atoms with Gasteiger partial charge in [-0.05, 0) is 6.92 Å². The van der Waals surface area contributed by atoms with Gasteiger partial charge < -0.3 is 4.74 Å². The summed E-state index contributed by atoms with van der Waals surface area (Å²) in [5, 5.41) is 3.28. The van der Waals surface area contributed by atoms with Gasteiger partial charge in [0.2, 0.25) is 0 Å². The average molecular weight is 347 g/mol. The molecule has 0 fully saturated rings. The summed E-state index contributed by atoms with van der Waals surface area (Å²) in [6.45, 7) is 3.82. The highest BCUT2D eigenvalue weighted by Crippen LogP contribution is 2.28. The summed E-state index contributed by atoms with van der Waals surface area (Å²) in [4.78, 5) is 39.0. The highest BCUT2D eigenvalue weighted by molar-refractivity contribution is 7.15. The van der Waals surface area contributed by atoms with E-state index >= 15 is 0 Å². The molecule has 24 heavy (non-hydrogen) atoms. The van der Waals surface area contributed by atoms with Gasteiger partial charge in [0.05, 0.1) is 25.0 Å². The fourth-order valence-corrected chi connectivity index (χ4v) is 3.45. The molecule has 0 aromatic carbocycles. The van der Waals surface area contributed by atoms with Crippen molar-refractivity contribution in [3.05, 3.63) is 34.9 Å². The molecular formula is C15H17N5O3S. The number of hydrogen-bond acceptors (Lipinski definition) is 8. The molecule has 3 heterocycles. The van der Waals surface area contributed by atoms with Gasteiger partial charge in [0.25, 0.3) is 5.91 Å². The van der Waals surface area contributed by atoms with E-state index in [1.54, 1.807) is 6.92 Å². The standard InChI is InChI=1S/C15H17N5O3S/c1-2-23-13(21)9-20-6-3-10-12(8-20)24-15(18-10)19-14(22)11-7-16-4-5-17-11/h4-5,7H,2-3,6,8-9H2,1H3,(H,18,19,22). The van der Waals surface area contributed by atoms with Crippen molar-refractivity contribution in [3.63, 3.8) is 0 Å². The minimum atomic E-state index is -0.336. The van der Waals surface area contributed by atoms with E-state index in [0.717, 1.165) is 23.5 Å². The van der Waals surface area contributed by atoms with E-state index in [4.69, 9.17) is 4.74 Å². The van der Waals surface area contributed by atoms with Gasteiger partial charge in [0.15, 0.2) is 5.13 Å². The monoisotopic (exact) mass is 347 g/mol. The van der Waals surface area contributed by atoms with Gasteiger partial charge in [0, 0.05) is 36.8 Å². The minimum Gasteiger partial charge on any atom is -0.465 e. The van der Waals surface area contributed by atoms with E-state index < -0.39 is 0 Å². The first kappa shape index (κ1) is 16.5. The third-order valence-electron chi connectivity index (χ3n) is 3.48. The average Bonchev–Trinajstić information content (AvgIpc) is 2.97. The molecule has 0 atom stereocenters. The molecule has 0 saturated carbocycles. The molecule has 1 aliphatic heterocycles. The second-order valence-corrected chi connectivity index (χ2v) is 6.28. The zero-order valence-corrected chi connectivity index (χ0v) is 14.0. The summed E-state index contributed by atoms with van der Waals surface area (Å²) >= 11 is 1.42. The maximum atomic E-state index is 12.1. The SMILES string of the molecule is CCOC(=O)CN1CCc2nc(NC(=O)c3cnccn3)sc2C1. The fraction of sp³-hybridized carbons (Fsp3) is 0.400. The molecule has 1 N–H and O–H groups in total. The Morgan fingerprint density at radius 3 is 3.04 bits per heavy atom. The molecule has 2 aromatic heterocycles. The lowest BCUT2D eigenvalue weighted by molar-refractivity contribution is -0.144. The number of amides is 1.